The molecule has 1 heterocycles. The maximum atomic E-state index is 12.0. The van der Waals surface area contributed by atoms with E-state index < -0.39 is 30.2 Å². The van der Waals surface area contributed by atoms with Crippen molar-refractivity contribution in [2.75, 3.05) is 6.61 Å². The van der Waals surface area contributed by atoms with E-state index in [2.05, 4.69) is 15.0 Å². The minimum Gasteiger partial charge on any atom is -0.480 e. The summed E-state index contributed by atoms with van der Waals surface area (Å²) < 4.78 is 40.4. The van der Waals surface area contributed by atoms with Crippen LogP contribution in [-0.4, -0.2) is 40.3 Å². The topological polar surface area (TPSA) is 88.5 Å². The number of nitrogens with one attached hydrogen (secondary N) is 1. The Balaban J connectivity index is 2.80. The van der Waals surface area contributed by atoms with E-state index in [4.69, 9.17) is 5.11 Å². The molecule has 0 saturated heterocycles. The van der Waals surface area contributed by atoms with Gasteiger partial charge >= 0.3 is 12.1 Å². The standard InChI is InChI=1S/C12H13F3N2O4/c1-11(2,10(19)20)17-9(18)7-3-4-16-8(5-7)21-6-12(13,14)15/h3-5H,6H2,1-2H3,(H,17,18)(H,19,20). The first-order valence-electron chi connectivity index (χ1n) is 5.73. The molecule has 0 saturated carbocycles. The van der Waals surface area contributed by atoms with Gasteiger partial charge in [0, 0.05) is 17.8 Å². The van der Waals surface area contributed by atoms with Crippen molar-refractivity contribution in [2.45, 2.75) is 25.6 Å². The molecule has 116 valence electrons. The molecule has 0 aliphatic carbocycles. The highest BCUT2D eigenvalue weighted by molar-refractivity contribution is 5.97. The summed E-state index contributed by atoms with van der Waals surface area (Å²) in [5.41, 5.74) is -1.58. The lowest BCUT2D eigenvalue weighted by atomic mass is 10.1. The lowest BCUT2D eigenvalue weighted by molar-refractivity contribution is -0.154. The van der Waals surface area contributed by atoms with Gasteiger partial charge in [0.2, 0.25) is 5.88 Å². The molecule has 0 atom stereocenters. The molecule has 0 fully saturated rings. The number of alkyl halides is 3. The van der Waals surface area contributed by atoms with E-state index >= 15 is 0 Å². The zero-order chi connectivity index (χ0) is 16.3. The molecule has 0 aromatic carbocycles. The van der Waals surface area contributed by atoms with Crippen LogP contribution in [0, 0.1) is 0 Å². The Morgan fingerprint density at radius 3 is 2.52 bits per heavy atom. The van der Waals surface area contributed by atoms with Crippen LogP contribution in [-0.2, 0) is 4.79 Å². The van der Waals surface area contributed by atoms with Crippen LogP contribution in [0.25, 0.3) is 0 Å². The molecule has 0 aliphatic rings. The average molecular weight is 306 g/mol. The summed E-state index contributed by atoms with van der Waals surface area (Å²) in [6.07, 6.45) is -3.43. The van der Waals surface area contributed by atoms with Crippen LogP contribution in [0.5, 0.6) is 5.88 Å². The number of amides is 1. The fourth-order valence-corrected chi connectivity index (χ4v) is 1.19. The maximum Gasteiger partial charge on any atom is 0.422 e. The van der Waals surface area contributed by atoms with Crippen LogP contribution in [0.2, 0.25) is 0 Å². The first-order valence-corrected chi connectivity index (χ1v) is 5.73. The van der Waals surface area contributed by atoms with Gasteiger partial charge in [-0.05, 0) is 19.9 Å². The van der Waals surface area contributed by atoms with Gasteiger partial charge < -0.3 is 15.2 Å². The van der Waals surface area contributed by atoms with Gasteiger partial charge in [-0.25, -0.2) is 9.78 Å². The number of hydrogen-bond donors (Lipinski definition) is 2. The number of halogens is 3. The van der Waals surface area contributed by atoms with Gasteiger partial charge in [0.25, 0.3) is 5.91 Å². The molecule has 1 aromatic rings. The van der Waals surface area contributed by atoms with Crippen molar-refractivity contribution in [3.05, 3.63) is 23.9 Å². The van der Waals surface area contributed by atoms with Crippen molar-refractivity contribution < 1.29 is 32.6 Å². The number of aliphatic carboxylic acids is 1. The van der Waals surface area contributed by atoms with Gasteiger partial charge in [-0.15, -0.1) is 0 Å². The largest absolute Gasteiger partial charge is 0.480 e. The molecule has 6 nitrogen and oxygen atoms in total. The van der Waals surface area contributed by atoms with Gasteiger partial charge in [-0.2, -0.15) is 13.2 Å². The Labute approximate surface area is 117 Å². The normalized spacial score (nSPS) is 11.9. The van der Waals surface area contributed by atoms with E-state index in [1.54, 1.807) is 0 Å². The van der Waals surface area contributed by atoms with Crippen molar-refractivity contribution in [1.29, 1.82) is 0 Å². The first-order chi connectivity index (χ1) is 9.51. The number of carboxylic acids is 1. The van der Waals surface area contributed by atoms with Gasteiger partial charge in [-0.3, -0.25) is 4.79 Å². The molecule has 2 N–H and O–H groups in total. The zero-order valence-corrected chi connectivity index (χ0v) is 11.2. The number of hydrogen-bond acceptors (Lipinski definition) is 4. The molecule has 0 radical (unpaired) electrons. The minimum absolute atomic E-state index is 0.0588. The Morgan fingerprint density at radius 2 is 2.00 bits per heavy atom. The third-order valence-corrected chi connectivity index (χ3v) is 2.34. The van der Waals surface area contributed by atoms with E-state index in [9.17, 15) is 22.8 Å². The summed E-state index contributed by atoms with van der Waals surface area (Å²) in [5, 5.41) is 11.1. The van der Waals surface area contributed by atoms with Crippen LogP contribution >= 0.6 is 0 Å². The molecule has 1 aromatic heterocycles. The molecule has 0 bridgehead atoms. The number of carbonyl (C=O) groups is 2. The molecular formula is C12H13F3N2O4. The van der Waals surface area contributed by atoms with E-state index in [1.807, 2.05) is 0 Å². The SMILES string of the molecule is CC(C)(NC(=O)c1ccnc(OCC(F)(F)F)c1)C(=O)O. The number of aromatic nitrogens is 1. The fourth-order valence-electron chi connectivity index (χ4n) is 1.19. The Morgan fingerprint density at radius 1 is 1.38 bits per heavy atom. The predicted octanol–water partition coefficient (Wildman–Crippen LogP) is 1.62. The van der Waals surface area contributed by atoms with Gasteiger partial charge in [-0.1, -0.05) is 0 Å². The molecule has 0 spiro atoms. The van der Waals surface area contributed by atoms with Gasteiger partial charge in [0.05, 0.1) is 0 Å². The molecule has 0 unspecified atom stereocenters. The molecular weight excluding hydrogens is 293 g/mol. The summed E-state index contributed by atoms with van der Waals surface area (Å²) >= 11 is 0. The van der Waals surface area contributed by atoms with Gasteiger partial charge in [0.15, 0.2) is 6.61 Å². The van der Waals surface area contributed by atoms with Crippen LogP contribution in [0.3, 0.4) is 0 Å². The van der Waals surface area contributed by atoms with Crippen molar-refractivity contribution >= 4 is 11.9 Å². The summed E-state index contributed by atoms with van der Waals surface area (Å²) in [4.78, 5) is 26.3. The minimum atomic E-state index is -4.52. The van der Waals surface area contributed by atoms with Crippen molar-refractivity contribution in [1.82, 2.24) is 10.3 Å². The third-order valence-electron chi connectivity index (χ3n) is 2.34. The molecule has 1 rings (SSSR count). The number of carboxylic acid groups (broad SMARTS) is 1. The number of ether oxygens (including phenoxy) is 1. The number of pyridine rings is 1. The second-order valence-electron chi connectivity index (χ2n) is 4.67. The Hall–Kier alpha value is -2.32. The van der Waals surface area contributed by atoms with E-state index in [-0.39, 0.29) is 11.4 Å². The molecule has 1 amide bonds. The lowest BCUT2D eigenvalue weighted by Crippen LogP contribution is -2.49. The van der Waals surface area contributed by atoms with E-state index in [0.29, 0.717) is 0 Å². The summed E-state index contributed by atoms with van der Waals surface area (Å²) in [5.74, 6) is -2.40. The van der Waals surface area contributed by atoms with Crippen molar-refractivity contribution in [3.8, 4) is 5.88 Å². The van der Waals surface area contributed by atoms with Crippen LogP contribution in [0.15, 0.2) is 18.3 Å². The monoisotopic (exact) mass is 306 g/mol. The van der Waals surface area contributed by atoms with Crippen molar-refractivity contribution in [2.24, 2.45) is 0 Å². The molecule has 9 heteroatoms. The highest BCUT2D eigenvalue weighted by Crippen LogP contribution is 2.17. The van der Waals surface area contributed by atoms with Crippen LogP contribution < -0.4 is 10.1 Å². The average Bonchev–Trinajstić information content (AvgIpc) is 2.35. The second-order valence-corrected chi connectivity index (χ2v) is 4.67. The summed E-state index contributed by atoms with van der Waals surface area (Å²) in [6, 6.07) is 2.23. The van der Waals surface area contributed by atoms with Crippen molar-refractivity contribution in [3.63, 3.8) is 0 Å². The summed E-state index contributed by atoms with van der Waals surface area (Å²) in [7, 11) is 0. The fraction of sp³-hybridized carbons (Fsp3) is 0.417. The second kappa shape index (κ2) is 5.98. The predicted molar refractivity (Wildman–Crippen MR) is 65.0 cm³/mol. The molecule has 21 heavy (non-hydrogen) atoms. The van der Waals surface area contributed by atoms with E-state index in [1.165, 1.54) is 19.9 Å². The zero-order valence-electron chi connectivity index (χ0n) is 11.2. The quantitative estimate of drug-likeness (QED) is 0.863. The smallest absolute Gasteiger partial charge is 0.422 e. The third kappa shape index (κ3) is 5.28. The Bertz CT molecular complexity index is 544. The highest BCUT2D eigenvalue weighted by atomic mass is 19.4. The van der Waals surface area contributed by atoms with Crippen LogP contribution in [0.4, 0.5) is 13.2 Å². The highest BCUT2D eigenvalue weighted by Gasteiger charge is 2.30. The first kappa shape index (κ1) is 16.7. The summed E-state index contributed by atoms with van der Waals surface area (Å²) in [6.45, 7) is 1.01. The van der Waals surface area contributed by atoms with Gasteiger partial charge in [0.1, 0.15) is 5.54 Å². The number of rotatable bonds is 5. The lowest BCUT2D eigenvalue weighted by Gasteiger charge is -2.21. The van der Waals surface area contributed by atoms with E-state index in [0.717, 1.165) is 12.3 Å². The Kier molecular flexibility index (Phi) is 4.77. The number of carbonyl (C=O) groups excluding carboxylic acids is 1. The maximum absolute atomic E-state index is 12.0. The molecule has 0 aliphatic heterocycles. The number of nitrogens with zero attached hydrogens (tertiary/aromatic N) is 1. The van der Waals surface area contributed by atoms with Crippen LogP contribution in [0.1, 0.15) is 24.2 Å².